The lowest BCUT2D eigenvalue weighted by Gasteiger charge is -2.41. The fourth-order valence-corrected chi connectivity index (χ4v) is 10.1. The third-order valence-electron chi connectivity index (χ3n) is 14.4. The van der Waals surface area contributed by atoms with Crippen molar-refractivity contribution >= 4 is 29.2 Å². The van der Waals surface area contributed by atoms with Crippen LogP contribution in [0.25, 0.3) is 0 Å². The van der Waals surface area contributed by atoms with Crippen LogP contribution in [-0.2, 0) is 47.7 Å². The molecule has 15 atom stereocenters. The Hall–Kier alpha value is -3.40. The Labute approximate surface area is 386 Å². The number of fused-ring (bicyclic) bond motifs is 3. The smallest absolute Gasteiger partial charge is 0.329 e. The number of hydrogen-bond donors (Lipinski definition) is 2. The van der Waals surface area contributed by atoms with Crippen molar-refractivity contribution in [3.05, 3.63) is 47.6 Å². The monoisotopic (exact) mass is 916 g/mol. The molecule has 3 heterocycles. The van der Waals surface area contributed by atoms with E-state index in [4.69, 9.17) is 23.7 Å². The Morgan fingerprint density at radius 3 is 2.26 bits per heavy atom. The molecule has 1 saturated carbocycles. The van der Waals surface area contributed by atoms with E-state index >= 15 is 4.39 Å². The molecule has 14 heteroatoms. The van der Waals surface area contributed by atoms with E-state index < -0.39 is 83.9 Å². The molecule has 13 nitrogen and oxygen atoms in total. The van der Waals surface area contributed by atoms with Crippen LogP contribution in [0.4, 0.5) is 4.39 Å². The number of aliphatic hydroxyl groups is 2. The Balaban J connectivity index is 1.70. The van der Waals surface area contributed by atoms with E-state index in [0.29, 0.717) is 56.9 Å². The highest BCUT2D eigenvalue weighted by Gasteiger charge is 2.55. The lowest BCUT2D eigenvalue weighted by Crippen LogP contribution is -2.59. The second kappa shape index (κ2) is 25.1. The zero-order chi connectivity index (χ0) is 48.2. The first-order chi connectivity index (χ1) is 30.7. The number of ketones is 3. The van der Waals surface area contributed by atoms with Gasteiger partial charge in [-0.2, -0.15) is 0 Å². The molecule has 0 aromatic heterocycles. The Morgan fingerprint density at radius 2 is 1.58 bits per heavy atom. The number of allylic oxidation sites excluding steroid dienone is 6. The number of piperidine rings is 1. The molecule has 0 aromatic rings. The number of nitrogens with zero attached hydrogens (tertiary/aromatic N) is 1. The van der Waals surface area contributed by atoms with Gasteiger partial charge in [-0.05, 0) is 107 Å². The van der Waals surface area contributed by atoms with Gasteiger partial charge in [0.15, 0.2) is 5.78 Å². The van der Waals surface area contributed by atoms with E-state index in [1.807, 2.05) is 51.2 Å². The summed E-state index contributed by atoms with van der Waals surface area (Å²) in [5, 5.41) is 21.9. The number of carbonyl (C=O) groups is 5. The molecule has 4 aliphatic rings. The van der Waals surface area contributed by atoms with Gasteiger partial charge in [0.25, 0.3) is 17.5 Å². The number of halogens is 1. The minimum atomic E-state index is -2.93. The summed E-state index contributed by atoms with van der Waals surface area (Å²) in [7, 11) is 4.47. The minimum Gasteiger partial charge on any atom is -0.460 e. The second-order valence-electron chi connectivity index (χ2n) is 19.5. The van der Waals surface area contributed by atoms with Crippen molar-refractivity contribution in [2.24, 2.45) is 35.5 Å². The number of rotatable bonds is 6. The first-order valence-electron chi connectivity index (χ1n) is 23.9. The third kappa shape index (κ3) is 14.3. The fourth-order valence-electron chi connectivity index (χ4n) is 10.1. The average Bonchev–Trinajstić information content (AvgIpc) is 3.28. The van der Waals surface area contributed by atoms with E-state index in [1.165, 1.54) is 7.11 Å². The fraction of sp³-hybridized carbons (Fsp3) is 0.745. The van der Waals surface area contributed by atoms with Crippen LogP contribution in [0.15, 0.2) is 47.6 Å². The molecule has 366 valence electrons. The number of alkyl halides is 1. The normalized spacial score (nSPS) is 40.4. The van der Waals surface area contributed by atoms with E-state index in [-0.39, 0.29) is 67.7 Å². The van der Waals surface area contributed by atoms with E-state index in [9.17, 15) is 34.2 Å². The molecule has 1 unspecified atom stereocenters. The number of aliphatic hydroxyl groups excluding tert-OH is 2. The van der Waals surface area contributed by atoms with Crippen LogP contribution in [0.3, 0.4) is 0 Å². The Bertz CT molecular complexity index is 1760. The van der Waals surface area contributed by atoms with Crippen LogP contribution in [0.1, 0.15) is 126 Å². The highest BCUT2D eigenvalue weighted by atomic mass is 19.2. The molecule has 3 fully saturated rings. The van der Waals surface area contributed by atoms with Crippen LogP contribution in [0.2, 0.25) is 0 Å². The predicted molar refractivity (Wildman–Crippen MR) is 244 cm³/mol. The maximum atomic E-state index is 17.1. The number of amides is 1. The molecule has 2 saturated heterocycles. The lowest BCUT2D eigenvalue weighted by molar-refractivity contribution is -0.231. The number of methoxy groups -OCH3 is 3. The Kier molecular flexibility index (Phi) is 20.9. The summed E-state index contributed by atoms with van der Waals surface area (Å²) >= 11 is 0. The molecule has 0 radical (unpaired) electrons. The zero-order valence-corrected chi connectivity index (χ0v) is 40.5. The largest absolute Gasteiger partial charge is 0.460 e. The quantitative estimate of drug-likeness (QED) is 0.157. The topological polar surface area (TPSA) is 175 Å². The van der Waals surface area contributed by atoms with Crippen LogP contribution in [0.5, 0.6) is 0 Å². The van der Waals surface area contributed by atoms with E-state index in [0.717, 1.165) is 10.5 Å². The standard InChI is InChI=1S/C51H78FNO12/c1-30-16-12-11-13-17-31(2)42(61-8)28-38-21-19-36(7)51(52,65-38)48(58)49(59)53-23-15-14-18-39(53)50(60)64-43(33(4)26-37-20-22-40(54)44(27-37)62-9)29-41(55)32(3)25-35(6)46(57)47(63-10)45(56)34(5)24-30/h11-13,16-17,25,30,32-34,36-40,42-44,46-47,54,57H,14-15,18-24,26-29H2,1-10H3/b13-11+,16-12+,31-17+,35-25+/t30-,32-,33-,34-,36-,37+,38+,39+,40-,42+,43?,44-,46-,47+,51-/m1/s1. The Morgan fingerprint density at radius 1 is 0.862 bits per heavy atom. The van der Waals surface area contributed by atoms with Gasteiger partial charge in [0.05, 0.1) is 24.4 Å². The van der Waals surface area contributed by atoms with Crippen molar-refractivity contribution in [3.8, 4) is 0 Å². The molecule has 2 bridgehead atoms. The zero-order valence-electron chi connectivity index (χ0n) is 40.5. The van der Waals surface area contributed by atoms with E-state index in [2.05, 4.69) is 0 Å². The summed E-state index contributed by atoms with van der Waals surface area (Å²) in [5.41, 5.74) is 1.22. The SMILES string of the molecule is CO[C@H]1C[C@@H]2CC[C@@H](C)[C@@](F)(O2)C(=O)C(=O)N2CCCC[C@H]2C(=O)OC([C@H](C)C[C@@H]2CC[C@@H](O)[C@H](OC)C2)CC(=O)[C@H](C)/C=C(\C)[C@@H](O)[C@@H](OC)C(=O)[C@H](C)C[C@H](C)/C=C/C=C/C=C/1C. The van der Waals surface area contributed by atoms with Gasteiger partial charge in [0.2, 0.25) is 0 Å². The summed E-state index contributed by atoms with van der Waals surface area (Å²) < 4.78 is 46.1. The number of hydrogen-bond acceptors (Lipinski definition) is 12. The summed E-state index contributed by atoms with van der Waals surface area (Å²) in [4.78, 5) is 71.4. The second-order valence-corrected chi connectivity index (χ2v) is 19.5. The molecule has 65 heavy (non-hydrogen) atoms. The van der Waals surface area contributed by atoms with Crippen molar-refractivity contribution in [3.63, 3.8) is 0 Å². The van der Waals surface area contributed by atoms with Crippen molar-refractivity contribution in [1.82, 2.24) is 4.90 Å². The minimum absolute atomic E-state index is 0.00748. The molecule has 1 amide bonds. The number of carbonyl (C=O) groups excluding carboxylic acids is 5. The third-order valence-corrected chi connectivity index (χ3v) is 14.4. The summed E-state index contributed by atoms with van der Waals surface area (Å²) in [6.45, 7) is 12.5. The van der Waals surface area contributed by atoms with Gasteiger partial charge < -0.3 is 38.8 Å². The summed E-state index contributed by atoms with van der Waals surface area (Å²) in [6.07, 6.45) is 10.3. The van der Waals surface area contributed by atoms with E-state index in [1.54, 1.807) is 48.0 Å². The van der Waals surface area contributed by atoms with Gasteiger partial charge in [0, 0.05) is 58.5 Å². The molecule has 1 aliphatic carbocycles. The first kappa shape index (κ1) is 54.2. The lowest BCUT2D eigenvalue weighted by atomic mass is 9.78. The molecule has 0 aromatic carbocycles. The number of Topliss-reactive ketones (excluding diaryl/α,β-unsaturated/α-hetero) is 3. The number of ether oxygens (including phenoxy) is 5. The van der Waals surface area contributed by atoms with Gasteiger partial charge in [-0.1, -0.05) is 71.1 Å². The molecule has 3 aliphatic heterocycles. The van der Waals surface area contributed by atoms with Crippen LogP contribution < -0.4 is 0 Å². The van der Waals surface area contributed by atoms with Crippen LogP contribution >= 0.6 is 0 Å². The molecular weight excluding hydrogens is 838 g/mol. The van der Waals surface area contributed by atoms with Gasteiger partial charge >= 0.3 is 5.97 Å². The highest BCUT2D eigenvalue weighted by molar-refractivity contribution is 6.39. The van der Waals surface area contributed by atoms with Crippen molar-refractivity contribution in [1.29, 1.82) is 0 Å². The van der Waals surface area contributed by atoms with Crippen molar-refractivity contribution in [2.75, 3.05) is 27.9 Å². The molecule has 4 rings (SSSR count). The molecule has 2 N–H and O–H groups in total. The van der Waals surface area contributed by atoms with Gasteiger partial charge in [-0.25, -0.2) is 9.18 Å². The molecule has 0 spiro atoms. The van der Waals surface area contributed by atoms with Gasteiger partial charge in [0.1, 0.15) is 30.1 Å². The maximum absolute atomic E-state index is 17.1. The average molecular weight is 916 g/mol. The van der Waals surface area contributed by atoms with Crippen molar-refractivity contribution < 1.29 is 62.3 Å². The van der Waals surface area contributed by atoms with Gasteiger partial charge in [-0.3, -0.25) is 19.2 Å². The highest BCUT2D eigenvalue weighted by Crippen LogP contribution is 2.40. The summed E-state index contributed by atoms with van der Waals surface area (Å²) in [6, 6.07) is -1.20. The number of cyclic esters (lactones) is 1. The predicted octanol–water partition coefficient (Wildman–Crippen LogP) is 7.16. The maximum Gasteiger partial charge on any atom is 0.329 e. The molecular formula is C51H78FNO12. The van der Waals surface area contributed by atoms with Crippen LogP contribution in [-0.4, -0.2) is 127 Å². The van der Waals surface area contributed by atoms with Crippen LogP contribution in [0, 0.1) is 35.5 Å². The first-order valence-corrected chi connectivity index (χ1v) is 23.9. The summed E-state index contributed by atoms with van der Waals surface area (Å²) in [5.74, 6) is -9.16. The number of esters is 1. The van der Waals surface area contributed by atoms with Gasteiger partial charge in [-0.15, -0.1) is 0 Å². The van der Waals surface area contributed by atoms with Crippen molar-refractivity contribution in [2.45, 2.75) is 180 Å².